The summed E-state index contributed by atoms with van der Waals surface area (Å²) in [4.78, 5) is 34.5. The molecule has 1 aliphatic rings. The van der Waals surface area contributed by atoms with Crippen LogP contribution in [0.15, 0.2) is 48.7 Å². The predicted molar refractivity (Wildman–Crippen MR) is 123 cm³/mol. The highest BCUT2D eigenvalue weighted by molar-refractivity contribution is 6.15. The lowest BCUT2D eigenvalue weighted by Gasteiger charge is -2.42. The molecule has 2 aromatic carbocycles. The van der Waals surface area contributed by atoms with Crippen molar-refractivity contribution >= 4 is 34.1 Å². The number of aromatic nitrogens is 1. The molecule has 1 unspecified atom stereocenters. The van der Waals surface area contributed by atoms with Gasteiger partial charge < -0.3 is 9.64 Å². The molecule has 1 atom stereocenters. The summed E-state index contributed by atoms with van der Waals surface area (Å²) in [5, 5.41) is 1.79. The molecule has 0 saturated heterocycles. The van der Waals surface area contributed by atoms with Crippen molar-refractivity contribution in [3.8, 4) is 0 Å². The number of carbonyl (C=O) groups excluding carboxylic acids is 2. The number of pyridine rings is 1. The molecule has 6 heteroatoms. The second-order valence-corrected chi connectivity index (χ2v) is 7.85. The molecule has 3 aromatic rings. The first-order chi connectivity index (χ1) is 15.0. The van der Waals surface area contributed by atoms with Crippen molar-refractivity contribution in [2.24, 2.45) is 0 Å². The number of hydrogen-bond acceptors (Lipinski definition) is 4. The Kier molecular flexibility index (Phi) is 5.63. The normalized spacial score (nSPS) is 15.7. The van der Waals surface area contributed by atoms with E-state index < -0.39 is 0 Å². The molecule has 160 valence electrons. The molecular formula is C25H27N3O3. The third kappa shape index (κ3) is 3.63. The van der Waals surface area contributed by atoms with Crippen LogP contribution in [0.5, 0.6) is 0 Å². The average molecular weight is 418 g/mol. The predicted octanol–water partition coefficient (Wildman–Crippen LogP) is 5.25. The zero-order valence-electron chi connectivity index (χ0n) is 18.4. The highest BCUT2D eigenvalue weighted by Gasteiger charge is 2.38. The lowest BCUT2D eigenvalue weighted by atomic mass is 9.99. The van der Waals surface area contributed by atoms with Crippen LogP contribution >= 0.6 is 0 Å². The van der Waals surface area contributed by atoms with Crippen LogP contribution in [0.2, 0.25) is 0 Å². The van der Waals surface area contributed by atoms with Gasteiger partial charge in [0.25, 0.3) is 5.91 Å². The second-order valence-electron chi connectivity index (χ2n) is 7.85. The molecule has 6 nitrogen and oxygen atoms in total. The molecule has 0 saturated carbocycles. The van der Waals surface area contributed by atoms with E-state index in [1.165, 1.54) is 0 Å². The van der Waals surface area contributed by atoms with Gasteiger partial charge in [0.2, 0.25) is 0 Å². The zero-order valence-corrected chi connectivity index (χ0v) is 18.4. The fourth-order valence-electron chi connectivity index (χ4n) is 4.14. The molecule has 0 bridgehead atoms. The van der Waals surface area contributed by atoms with Crippen molar-refractivity contribution in [2.75, 3.05) is 23.0 Å². The number of amides is 2. The van der Waals surface area contributed by atoms with Crippen LogP contribution in [0.3, 0.4) is 0 Å². The van der Waals surface area contributed by atoms with Gasteiger partial charge in [-0.05, 0) is 61.9 Å². The van der Waals surface area contributed by atoms with E-state index in [2.05, 4.69) is 4.98 Å². The molecule has 1 aromatic heterocycles. The van der Waals surface area contributed by atoms with Crippen molar-refractivity contribution in [3.05, 3.63) is 65.5 Å². The average Bonchev–Trinajstić information content (AvgIpc) is 2.78. The van der Waals surface area contributed by atoms with Crippen molar-refractivity contribution in [1.82, 2.24) is 4.98 Å². The fourth-order valence-corrected chi connectivity index (χ4v) is 4.14. The number of benzene rings is 2. The molecule has 0 radical (unpaired) electrons. The largest absolute Gasteiger partial charge is 0.449 e. The second kappa shape index (κ2) is 8.38. The molecule has 2 amide bonds. The summed E-state index contributed by atoms with van der Waals surface area (Å²) < 4.78 is 5.35. The van der Waals surface area contributed by atoms with E-state index in [0.29, 0.717) is 36.6 Å². The molecule has 31 heavy (non-hydrogen) atoms. The molecule has 0 spiro atoms. The summed E-state index contributed by atoms with van der Waals surface area (Å²) in [5.41, 5.74) is 3.94. The minimum atomic E-state index is -0.380. The molecule has 2 heterocycles. The summed E-state index contributed by atoms with van der Waals surface area (Å²) >= 11 is 0. The van der Waals surface area contributed by atoms with E-state index in [1.54, 1.807) is 22.9 Å². The number of ether oxygens (including phenoxy) is 1. The number of hydrogen-bond donors (Lipinski definition) is 0. The number of anilines is 2. The Labute approximate surface area is 182 Å². The van der Waals surface area contributed by atoms with Gasteiger partial charge in [-0.15, -0.1) is 0 Å². The summed E-state index contributed by atoms with van der Waals surface area (Å²) in [6, 6.07) is 13.4. The highest BCUT2D eigenvalue weighted by Crippen LogP contribution is 2.40. The smallest absolute Gasteiger partial charge is 0.414 e. The van der Waals surface area contributed by atoms with Gasteiger partial charge in [0.15, 0.2) is 0 Å². The minimum absolute atomic E-state index is 0.164. The van der Waals surface area contributed by atoms with Gasteiger partial charge in [-0.3, -0.25) is 14.7 Å². The Morgan fingerprint density at radius 3 is 2.48 bits per heavy atom. The molecule has 0 aliphatic carbocycles. The van der Waals surface area contributed by atoms with Crippen LogP contribution in [0.1, 0.15) is 41.9 Å². The van der Waals surface area contributed by atoms with Crippen molar-refractivity contribution in [3.63, 3.8) is 0 Å². The third-order valence-corrected chi connectivity index (χ3v) is 5.96. The standard InChI is InChI=1S/C25H27N3O3/c1-5-19-15-27(24(29)23-20-10-8-7-9-18(20)11-12-26-23)21-13-16(3)17(4)14-22(21)28(19)25(30)31-6-2/h7-14,19H,5-6,15H2,1-4H3. The van der Waals surface area contributed by atoms with Crippen LogP contribution in [0, 0.1) is 13.8 Å². The number of rotatable bonds is 3. The van der Waals surface area contributed by atoms with Gasteiger partial charge >= 0.3 is 6.09 Å². The van der Waals surface area contributed by atoms with Gasteiger partial charge in [0.1, 0.15) is 5.69 Å². The van der Waals surface area contributed by atoms with Crippen molar-refractivity contribution < 1.29 is 14.3 Å². The van der Waals surface area contributed by atoms with Crippen LogP contribution in [0.4, 0.5) is 16.2 Å². The zero-order chi connectivity index (χ0) is 22.1. The van der Waals surface area contributed by atoms with E-state index >= 15 is 0 Å². The maximum absolute atomic E-state index is 13.8. The molecule has 1 aliphatic heterocycles. The van der Waals surface area contributed by atoms with E-state index in [-0.39, 0.29) is 18.0 Å². The Balaban J connectivity index is 1.86. The van der Waals surface area contributed by atoms with Crippen LogP contribution in [-0.2, 0) is 4.74 Å². The topological polar surface area (TPSA) is 62.7 Å². The van der Waals surface area contributed by atoms with E-state index in [4.69, 9.17) is 4.74 Å². The van der Waals surface area contributed by atoms with Gasteiger partial charge in [-0.2, -0.15) is 0 Å². The Morgan fingerprint density at radius 2 is 1.77 bits per heavy atom. The molecular weight excluding hydrogens is 390 g/mol. The first kappa shape index (κ1) is 20.8. The maximum Gasteiger partial charge on any atom is 0.414 e. The SMILES string of the molecule is CCOC(=O)N1c2cc(C)c(C)cc2N(C(=O)c2nccc3ccccc23)CC1CC. The van der Waals surface area contributed by atoms with Gasteiger partial charge in [0, 0.05) is 18.1 Å². The van der Waals surface area contributed by atoms with Gasteiger partial charge in [0.05, 0.1) is 24.0 Å². The Bertz CT molecular complexity index is 1150. The third-order valence-electron chi connectivity index (χ3n) is 5.96. The highest BCUT2D eigenvalue weighted by atomic mass is 16.6. The fraction of sp³-hybridized carbons (Fsp3) is 0.320. The molecule has 0 fully saturated rings. The maximum atomic E-state index is 13.8. The summed E-state index contributed by atoms with van der Waals surface area (Å²) in [7, 11) is 0. The van der Waals surface area contributed by atoms with Gasteiger partial charge in [-0.25, -0.2) is 4.79 Å². The molecule has 4 rings (SSSR count). The van der Waals surface area contributed by atoms with Crippen LogP contribution < -0.4 is 9.80 Å². The minimum Gasteiger partial charge on any atom is -0.449 e. The van der Waals surface area contributed by atoms with Crippen LogP contribution in [-0.4, -0.2) is 36.2 Å². The molecule has 0 N–H and O–H groups in total. The lowest BCUT2D eigenvalue weighted by Crippen LogP contribution is -2.53. The first-order valence-electron chi connectivity index (χ1n) is 10.7. The summed E-state index contributed by atoms with van der Waals surface area (Å²) in [5.74, 6) is -0.164. The van der Waals surface area contributed by atoms with Crippen molar-refractivity contribution in [1.29, 1.82) is 0 Å². The number of nitrogens with zero attached hydrogens (tertiary/aromatic N) is 3. The quantitative estimate of drug-likeness (QED) is 0.584. The summed E-state index contributed by atoms with van der Waals surface area (Å²) in [6.45, 7) is 8.51. The van der Waals surface area contributed by atoms with E-state index in [9.17, 15) is 9.59 Å². The summed E-state index contributed by atoms with van der Waals surface area (Å²) in [6.07, 6.45) is 1.98. The number of carbonyl (C=O) groups is 2. The van der Waals surface area contributed by atoms with E-state index in [0.717, 1.165) is 21.9 Å². The van der Waals surface area contributed by atoms with E-state index in [1.807, 2.05) is 63.2 Å². The number of fused-ring (bicyclic) bond motifs is 2. The van der Waals surface area contributed by atoms with Crippen molar-refractivity contribution in [2.45, 2.75) is 40.2 Å². The monoisotopic (exact) mass is 417 g/mol. The lowest BCUT2D eigenvalue weighted by molar-refractivity contribution is 0.0978. The van der Waals surface area contributed by atoms with Crippen LogP contribution in [0.25, 0.3) is 10.8 Å². The number of aryl methyl sites for hydroxylation is 2. The Morgan fingerprint density at radius 1 is 1.06 bits per heavy atom. The first-order valence-corrected chi connectivity index (χ1v) is 10.7. The Hall–Kier alpha value is -3.41. The van der Waals surface area contributed by atoms with Gasteiger partial charge in [-0.1, -0.05) is 31.2 Å².